The zero-order valence-corrected chi connectivity index (χ0v) is 15.0. The van der Waals surface area contributed by atoms with Crippen LogP contribution in [0, 0.1) is 0 Å². The van der Waals surface area contributed by atoms with Gasteiger partial charge in [-0.15, -0.1) is 21.5 Å². The fraction of sp³-hybridized carbons (Fsp3) is 0.263. The molecule has 0 saturated heterocycles. The lowest BCUT2D eigenvalue weighted by atomic mass is 10.2. The highest BCUT2D eigenvalue weighted by molar-refractivity contribution is 7.16. The monoisotopic (exact) mass is 362 g/mol. The Hall–Kier alpha value is -2.80. The van der Waals surface area contributed by atoms with Gasteiger partial charge in [0.2, 0.25) is 0 Å². The first-order valence-electron chi connectivity index (χ1n) is 8.86. The van der Waals surface area contributed by atoms with Crippen molar-refractivity contribution in [3.8, 4) is 11.4 Å². The van der Waals surface area contributed by atoms with E-state index in [4.69, 9.17) is 0 Å². The minimum atomic E-state index is 0.834. The Balaban J connectivity index is 1.43. The molecule has 0 atom stereocenters. The number of thiophene rings is 1. The van der Waals surface area contributed by atoms with Crippen molar-refractivity contribution < 1.29 is 0 Å². The van der Waals surface area contributed by atoms with Crippen LogP contribution in [0.4, 0.5) is 11.5 Å². The van der Waals surface area contributed by atoms with Crippen LogP contribution >= 0.6 is 11.3 Å². The highest BCUT2D eigenvalue weighted by atomic mass is 32.1. The second-order valence-corrected chi connectivity index (χ2v) is 7.36. The van der Waals surface area contributed by atoms with Gasteiger partial charge in [-0.05, 0) is 48.6 Å². The summed E-state index contributed by atoms with van der Waals surface area (Å²) < 4.78 is 2.27. The molecule has 7 heteroatoms. The molecule has 0 bridgehead atoms. The number of hydrogen-bond acceptors (Lipinski definition) is 6. The summed E-state index contributed by atoms with van der Waals surface area (Å²) >= 11 is 1.62. The number of aromatic nitrogens is 5. The molecule has 0 unspecified atom stereocenters. The molecule has 0 amide bonds. The van der Waals surface area contributed by atoms with Crippen molar-refractivity contribution in [2.75, 3.05) is 5.32 Å². The van der Waals surface area contributed by atoms with Crippen LogP contribution in [0.15, 0.2) is 42.0 Å². The summed E-state index contributed by atoms with van der Waals surface area (Å²) in [4.78, 5) is 9.65. The second-order valence-electron chi connectivity index (χ2n) is 6.47. The lowest BCUT2D eigenvalue weighted by molar-refractivity contribution is 0.636. The van der Waals surface area contributed by atoms with Gasteiger partial charge < -0.3 is 9.88 Å². The summed E-state index contributed by atoms with van der Waals surface area (Å²) in [6.07, 6.45) is 6.29. The van der Waals surface area contributed by atoms with Crippen molar-refractivity contribution in [1.29, 1.82) is 0 Å². The molecule has 0 fully saturated rings. The van der Waals surface area contributed by atoms with Gasteiger partial charge in [0, 0.05) is 24.2 Å². The van der Waals surface area contributed by atoms with E-state index < -0.39 is 0 Å². The molecule has 1 aromatic carbocycles. The van der Waals surface area contributed by atoms with Crippen LogP contribution in [0.5, 0.6) is 0 Å². The highest BCUT2D eigenvalue weighted by Crippen LogP contribution is 2.28. The number of nitrogens with zero attached hydrogens (tertiary/aromatic N) is 5. The van der Waals surface area contributed by atoms with Gasteiger partial charge in [0.25, 0.3) is 0 Å². The van der Waals surface area contributed by atoms with Crippen LogP contribution in [0.3, 0.4) is 0 Å². The van der Waals surface area contributed by atoms with Gasteiger partial charge in [0.15, 0.2) is 5.82 Å². The third-order valence-corrected chi connectivity index (χ3v) is 5.60. The summed E-state index contributed by atoms with van der Waals surface area (Å²) in [6, 6.07) is 10.4. The molecule has 0 aliphatic carbocycles. The smallest absolute Gasteiger partial charge is 0.163 e. The Morgan fingerprint density at radius 2 is 1.88 bits per heavy atom. The molecule has 4 aromatic rings. The van der Waals surface area contributed by atoms with Crippen LogP contribution in [-0.4, -0.2) is 24.7 Å². The standard InChI is InChI=1S/C19H18N6S/c1-2-4-16-23-24-18(25(16)10-3-1)13-5-7-14(8-6-13)22-17-15-9-11-26-19(15)21-12-20-17/h5-9,11-12H,1-4,10H2,(H,20,21,22). The fourth-order valence-corrected chi connectivity index (χ4v) is 4.16. The Morgan fingerprint density at radius 1 is 0.962 bits per heavy atom. The maximum Gasteiger partial charge on any atom is 0.163 e. The summed E-state index contributed by atoms with van der Waals surface area (Å²) in [7, 11) is 0. The van der Waals surface area contributed by atoms with Gasteiger partial charge in [0.1, 0.15) is 22.8 Å². The second kappa shape index (κ2) is 6.49. The first-order valence-corrected chi connectivity index (χ1v) is 9.74. The fourth-order valence-electron chi connectivity index (χ4n) is 3.43. The van der Waals surface area contributed by atoms with Crippen molar-refractivity contribution in [3.05, 3.63) is 47.9 Å². The topological polar surface area (TPSA) is 68.5 Å². The van der Waals surface area contributed by atoms with Gasteiger partial charge in [-0.1, -0.05) is 6.42 Å². The molecule has 0 radical (unpaired) electrons. The lowest BCUT2D eigenvalue weighted by Gasteiger charge is -2.09. The normalized spacial score (nSPS) is 14.2. The lowest BCUT2D eigenvalue weighted by Crippen LogP contribution is -2.03. The summed E-state index contributed by atoms with van der Waals surface area (Å²) in [5.74, 6) is 2.91. The Labute approximate surface area is 155 Å². The molecule has 6 nitrogen and oxygen atoms in total. The van der Waals surface area contributed by atoms with Crippen LogP contribution in [0.2, 0.25) is 0 Å². The Bertz CT molecular complexity index is 1050. The molecule has 1 aliphatic rings. The van der Waals surface area contributed by atoms with Crippen LogP contribution in [0.1, 0.15) is 25.1 Å². The minimum Gasteiger partial charge on any atom is -0.340 e. The van der Waals surface area contributed by atoms with Crippen molar-refractivity contribution in [1.82, 2.24) is 24.7 Å². The molecule has 1 aliphatic heterocycles. The van der Waals surface area contributed by atoms with E-state index in [1.54, 1.807) is 17.7 Å². The predicted molar refractivity (Wildman–Crippen MR) is 104 cm³/mol. The van der Waals surface area contributed by atoms with Crippen molar-refractivity contribution in [2.24, 2.45) is 0 Å². The Morgan fingerprint density at radius 3 is 2.81 bits per heavy atom. The first kappa shape index (κ1) is 15.5. The minimum absolute atomic E-state index is 0.834. The zero-order valence-electron chi connectivity index (χ0n) is 14.2. The van der Waals surface area contributed by atoms with E-state index in [0.717, 1.165) is 51.9 Å². The van der Waals surface area contributed by atoms with Crippen molar-refractivity contribution in [2.45, 2.75) is 32.2 Å². The van der Waals surface area contributed by atoms with E-state index in [2.05, 4.69) is 54.3 Å². The SMILES string of the molecule is c1nc(Nc2ccc(-c3nnc4n3CCCCC4)cc2)c2ccsc2n1. The van der Waals surface area contributed by atoms with Gasteiger partial charge in [-0.2, -0.15) is 0 Å². The molecule has 26 heavy (non-hydrogen) atoms. The van der Waals surface area contributed by atoms with E-state index >= 15 is 0 Å². The third-order valence-electron chi connectivity index (χ3n) is 4.78. The summed E-state index contributed by atoms with van der Waals surface area (Å²) in [5.41, 5.74) is 2.09. The van der Waals surface area contributed by atoms with Gasteiger partial charge in [-0.3, -0.25) is 0 Å². The van der Waals surface area contributed by atoms with E-state index in [0.29, 0.717) is 0 Å². The van der Waals surface area contributed by atoms with E-state index in [1.807, 2.05) is 11.4 Å². The average Bonchev–Trinajstić information content (AvgIpc) is 3.24. The number of fused-ring (bicyclic) bond motifs is 2. The quantitative estimate of drug-likeness (QED) is 0.584. The number of benzene rings is 1. The van der Waals surface area contributed by atoms with E-state index in [1.165, 1.54) is 19.3 Å². The number of nitrogens with one attached hydrogen (secondary N) is 1. The zero-order chi connectivity index (χ0) is 17.3. The molecule has 0 spiro atoms. The number of aryl methyl sites for hydroxylation is 1. The van der Waals surface area contributed by atoms with Crippen molar-refractivity contribution in [3.63, 3.8) is 0 Å². The molecule has 4 heterocycles. The third kappa shape index (κ3) is 2.74. The molecule has 1 N–H and O–H groups in total. The maximum absolute atomic E-state index is 4.43. The van der Waals surface area contributed by atoms with Crippen LogP contribution < -0.4 is 5.32 Å². The molecular formula is C19H18N6S. The van der Waals surface area contributed by atoms with Crippen LogP contribution in [-0.2, 0) is 13.0 Å². The molecular weight excluding hydrogens is 344 g/mol. The van der Waals surface area contributed by atoms with Gasteiger partial charge in [0.05, 0.1) is 5.39 Å². The molecule has 0 saturated carbocycles. The maximum atomic E-state index is 4.43. The largest absolute Gasteiger partial charge is 0.340 e. The van der Waals surface area contributed by atoms with Crippen LogP contribution in [0.25, 0.3) is 21.6 Å². The van der Waals surface area contributed by atoms with E-state index in [9.17, 15) is 0 Å². The van der Waals surface area contributed by atoms with E-state index in [-0.39, 0.29) is 0 Å². The van der Waals surface area contributed by atoms with Gasteiger partial charge in [-0.25, -0.2) is 9.97 Å². The number of anilines is 2. The Kier molecular flexibility index (Phi) is 3.86. The highest BCUT2D eigenvalue weighted by Gasteiger charge is 2.16. The van der Waals surface area contributed by atoms with Crippen molar-refractivity contribution >= 4 is 33.1 Å². The first-order chi connectivity index (χ1) is 12.9. The summed E-state index contributed by atoms with van der Waals surface area (Å²) in [5, 5.41) is 15.3. The predicted octanol–water partition coefficient (Wildman–Crippen LogP) is 4.42. The number of hydrogen-bond donors (Lipinski definition) is 1. The summed E-state index contributed by atoms with van der Waals surface area (Å²) in [6.45, 7) is 1.01. The van der Waals surface area contributed by atoms with Gasteiger partial charge >= 0.3 is 0 Å². The average molecular weight is 362 g/mol. The number of rotatable bonds is 3. The molecule has 5 rings (SSSR count). The molecule has 130 valence electrons. The molecule has 3 aromatic heterocycles.